The van der Waals surface area contributed by atoms with Gasteiger partial charge in [-0.05, 0) is 49.9 Å². The summed E-state index contributed by atoms with van der Waals surface area (Å²) in [5.41, 5.74) is 8.61. The van der Waals surface area contributed by atoms with Crippen LogP contribution in [0.15, 0.2) is 18.2 Å². The molecule has 0 aromatic heterocycles. The summed E-state index contributed by atoms with van der Waals surface area (Å²) in [7, 11) is 0. The van der Waals surface area contributed by atoms with Crippen LogP contribution in [0.5, 0.6) is 5.75 Å². The van der Waals surface area contributed by atoms with Crippen LogP contribution < -0.4 is 10.5 Å². The lowest BCUT2D eigenvalue weighted by molar-refractivity contribution is 0.242. The molecule has 0 radical (unpaired) electrons. The molecule has 1 atom stereocenters. The zero-order valence-electron chi connectivity index (χ0n) is 9.19. The van der Waals surface area contributed by atoms with Crippen molar-refractivity contribution in [2.24, 2.45) is 5.73 Å². The minimum Gasteiger partial charge on any atom is -0.491 e. The summed E-state index contributed by atoms with van der Waals surface area (Å²) in [5, 5.41) is 0. The Labute approximate surface area is 97.2 Å². The Morgan fingerprint density at radius 1 is 1.40 bits per heavy atom. The lowest BCUT2D eigenvalue weighted by Gasteiger charge is -2.11. The molecule has 0 bridgehead atoms. The summed E-state index contributed by atoms with van der Waals surface area (Å²) in [5.74, 6) is 0.966. The standard InChI is InChI=1S/C12H17NO.ClH/c1-8(2)14-10-4-5-11-9(7-10)3-6-12(11)13;/h4-5,7-8,12H,3,6,13H2,1-2H3;1H. The van der Waals surface area contributed by atoms with Gasteiger partial charge in [-0.25, -0.2) is 0 Å². The molecule has 84 valence electrons. The maximum Gasteiger partial charge on any atom is 0.119 e. The summed E-state index contributed by atoms with van der Waals surface area (Å²) in [6.07, 6.45) is 2.40. The topological polar surface area (TPSA) is 35.2 Å². The second-order valence-corrected chi connectivity index (χ2v) is 4.17. The molecule has 0 saturated carbocycles. The molecule has 15 heavy (non-hydrogen) atoms. The van der Waals surface area contributed by atoms with Crippen LogP contribution in [0.2, 0.25) is 0 Å². The highest BCUT2D eigenvalue weighted by Gasteiger charge is 2.19. The summed E-state index contributed by atoms with van der Waals surface area (Å²) >= 11 is 0. The van der Waals surface area contributed by atoms with Crippen molar-refractivity contribution in [1.82, 2.24) is 0 Å². The van der Waals surface area contributed by atoms with E-state index in [-0.39, 0.29) is 24.6 Å². The first kappa shape index (κ1) is 12.3. The van der Waals surface area contributed by atoms with E-state index in [1.807, 2.05) is 19.9 Å². The van der Waals surface area contributed by atoms with Crippen LogP contribution in [0, 0.1) is 0 Å². The molecule has 1 aromatic carbocycles. The third-order valence-electron chi connectivity index (χ3n) is 2.61. The van der Waals surface area contributed by atoms with E-state index in [9.17, 15) is 0 Å². The smallest absolute Gasteiger partial charge is 0.119 e. The van der Waals surface area contributed by atoms with Crippen LogP contribution in [-0.2, 0) is 6.42 Å². The predicted octanol–water partition coefficient (Wildman–Crippen LogP) is 2.84. The molecule has 0 heterocycles. The fourth-order valence-electron chi connectivity index (χ4n) is 1.97. The normalized spacial score (nSPS) is 18.5. The molecular formula is C12H18ClNO. The Balaban J connectivity index is 0.00000112. The maximum absolute atomic E-state index is 5.96. The maximum atomic E-state index is 5.96. The van der Waals surface area contributed by atoms with E-state index in [2.05, 4.69) is 12.1 Å². The summed E-state index contributed by atoms with van der Waals surface area (Å²) in [6, 6.07) is 6.48. The highest BCUT2D eigenvalue weighted by molar-refractivity contribution is 5.85. The SMILES string of the molecule is CC(C)Oc1ccc2c(c1)CCC2N.Cl. The molecule has 2 rings (SSSR count). The number of rotatable bonds is 2. The third kappa shape index (κ3) is 2.64. The first-order chi connectivity index (χ1) is 6.66. The zero-order chi connectivity index (χ0) is 10.1. The minimum absolute atomic E-state index is 0. The van der Waals surface area contributed by atoms with Gasteiger partial charge in [0.2, 0.25) is 0 Å². The van der Waals surface area contributed by atoms with Gasteiger partial charge < -0.3 is 10.5 Å². The highest BCUT2D eigenvalue weighted by atomic mass is 35.5. The van der Waals surface area contributed by atoms with Crippen molar-refractivity contribution in [2.45, 2.75) is 38.8 Å². The van der Waals surface area contributed by atoms with E-state index in [0.29, 0.717) is 0 Å². The fourth-order valence-corrected chi connectivity index (χ4v) is 1.97. The fraction of sp³-hybridized carbons (Fsp3) is 0.500. The van der Waals surface area contributed by atoms with E-state index in [0.717, 1.165) is 18.6 Å². The van der Waals surface area contributed by atoms with Gasteiger partial charge in [-0.15, -0.1) is 12.4 Å². The van der Waals surface area contributed by atoms with E-state index in [4.69, 9.17) is 10.5 Å². The van der Waals surface area contributed by atoms with Crippen molar-refractivity contribution in [2.75, 3.05) is 0 Å². The van der Waals surface area contributed by atoms with Crippen LogP contribution in [0.4, 0.5) is 0 Å². The number of aryl methyl sites for hydroxylation is 1. The largest absolute Gasteiger partial charge is 0.491 e. The van der Waals surface area contributed by atoms with Gasteiger partial charge in [0.1, 0.15) is 5.75 Å². The zero-order valence-corrected chi connectivity index (χ0v) is 10.0. The molecule has 1 aromatic rings. The van der Waals surface area contributed by atoms with E-state index in [1.54, 1.807) is 0 Å². The molecule has 1 unspecified atom stereocenters. The van der Waals surface area contributed by atoms with Gasteiger partial charge in [-0.3, -0.25) is 0 Å². The van der Waals surface area contributed by atoms with Gasteiger partial charge in [-0.1, -0.05) is 6.07 Å². The van der Waals surface area contributed by atoms with Crippen LogP contribution >= 0.6 is 12.4 Å². The summed E-state index contributed by atoms with van der Waals surface area (Å²) < 4.78 is 5.63. The molecule has 0 amide bonds. The first-order valence-electron chi connectivity index (χ1n) is 5.22. The number of fused-ring (bicyclic) bond motifs is 1. The van der Waals surface area contributed by atoms with Crippen LogP contribution in [0.1, 0.15) is 37.4 Å². The van der Waals surface area contributed by atoms with E-state index >= 15 is 0 Å². The summed E-state index contributed by atoms with van der Waals surface area (Å²) in [6.45, 7) is 4.08. The van der Waals surface area contributed by atoms with Gasteiger partial charge in [0.25, 0.3) is 0 Å². The van der Waals surface area contributed by atoms with E-state index in [1.165, 1.54) is 11.1 Å². The number of hydrogen-bond acceptors (Lipinski definition) is 2. The van der Waals surface area contributed by atoms with Crippen molar-refractivity contribution in [3.05, 3.63) is 29.3 Å². The predicted molar refractivity (Wildman–Crippen MR) is 64.7 cm³/mol. The van der Waals surface area contributed by atoms with Crippen LogP contribution in [0.3, 0.4) is 0 Å². The quantitative estimate of drug-likeness (QED) is 0.843. The molecule has 0 fully saturated rings. The molecule has 1 aliphatic carbocycles. The van der Waals surface area contributed by atoms with Crippen LogP contribution in [-0.4, -0.2) is 6.10 Å². The summed E-state index contributed by atoms with van der Waals surface area (Å²) in [4.78, 5) is 0. The molecule has 0 spiro atoms. The van der Waals surface area contributed by atoms with E-state index < -0.39 is 0 Å². The van der Waals surface area contributed by atoms with Gasteiger partial charge in [-0.2, -0.15) is 0 Å². The number of ether oxygens (including phenoxy) is 1. The van der Waals surface area contributed by atoms with Gasteiger partial charge in [0, 0.05) is 6.04 Å². The van der Waals surface area contributed by atoms with Crippen molar-refractivity contribution in [1.29, 1.82) is 0 Å². The molecule has 0 aliphatic heterocycles. The molecule has 2 N–H and O–H groups in total. The third-order valence-corrected chi connectivity index (χ3v) is 2.61. The number of halogens is 1. The lowest BCUT2D eigenvalue weighted by atomic mass is 10.1. The number of benzene rings is 1. The van der Waals surface area contributed by atoms with Gasteiger partial charge >= 0.3 is 0 Å². The van der Waals surface area contributed by atoms with Crippen molar-refractivity contribution in [3.8, 4) is 5.75 Å². The Hall–Kier alpha value is -0.730. The molecular weight excluding hydrogens is 210 g/mol. The van der Waals surface area contributed by atoms with Crippen LogP contribution in [0.25, 0.3) is 0 Å². The minimum atomic E-state index is 0. The van der Waals surface area contributed by atoms with Crippen molar-refractivity contribution in [3.63, 3.8) is 0 Å². The monoisotopic (exact) mass is 227 g/mol. The first-order valence-corrected chi connectivity index (χ1v) is 5.22. The average Bonchev–Trinajstić information content (AvgIpc) is 2.46. The Morgan fingerprint density at radius 3 is 2.80 bits per heavy atom. The molecule has 0 saturated heterocycles. The number of hydrogen-bond donors (Lipinski definition) is 1. The average molecular weight is 228 g/mol. The molecule has 3 heteroatoms. The Bertz CT molecular complexity index is 338. The highest BCUT2D eigenvalue weighted by Crippen LogP contribution is 2.31. The van der Waals surface area contributed by atoms with Crippen molar-refractivity contribution >= 4 is 12.4 Å². The van der Waals surface area contributed by atoms with Crippen molar-refractivity contribution < 1.29 is 4.74 Å². The second-order valence-electron chi connectivity index (χ2n) is 4.17. The lowest BCUT2D eigenvalue weighted by Crippen LogP contribution is -2.07. The number of nitrogens with two attached hydrogens (primary N) is 1. The van der Waals surface area contributed by atoms with Gasteiger partial charge in [0.15, 0.2) is 0 Å². The van der Waals surface area contributed by atoms with Gasteiger partial charge in [0.05, 0.1) is 6.10 Å². The second kappa shape index (κ2) is 4.86. The Kier molecular flexibility index (Phi) is 4.00. The molecule has 1 aliphatic rings. The molecule has 2 nitrogen and oxygen atoms in total. The Morgan fingerprint density at radius 2 is 2.13 bits per heavy atom.